The van der Waals surface area contributed by atoms with Crippen LogP contribution in [0, 0.1) is 5.82 Å². The third-order valence-electron chi connectivity index (χ3n) is 3.33. The Hall–Kier alpha value is -2.76. The van der Waals surface area contributed by atoms with Crippen molar-refractivity contribution >= 4 is 5.91 Å². The number of hydrogen-bond donors (Lipinski definition) is 1. The number of carbonyl (C=O) groups excluding carboxylic acids is 1. The lowest BCUT2D eigenvalue weighted by Crippen LogP contribution is -2.29. The van der Waals surface area contributed by atoms with Crippen molar-refractivity contribution in [2.75, 3.05) is 27.4 Å². The van der Waals surface area contributed by atoms with Gasteiger partial charge in [-0.25, -0.2) is 4.39 Å². The fraction of sp³-hybridized carbons (Fsp3) is 0.278. The molecule has 0 atom stereocenters. The number of halogens is 1. The molecule has 0 aliphatic carbocycles. The molecule has 0 spiro atoms. The molecule has 0 saturated carbocycles. The van der Waals surface area contributed by atoms with E-state index < -0.39 is 0 Å². The first-order valence-electron chi connectivity index (χ1n) is 7.48. The van der Waals surface area contributed by atoms with Gasteiger partial charge in [0.2, 0.25) is 5.91 Å². The standard InChI is InChI=1S/C18H20FNO4/c1-22-15-6-7-17(23-2)13(10-15)11-18(21)20-8-9-24-16-5-3-4-14(19)12-16/h3-7,10,12H,8-9,11H2,1-2H3,(H,20,21). The number of hydrogen-bond acceptors (Lipinski definition) is 4. The lowest BCUT2D eigenvalue weighted by Gasteiger charge is -2.11. The third-order valence-corrected chi connectivity index (χ3v) is 3.33. The summed E-state index contributed by atoms with van der Waals surface area (Å²) in [4.78, 5) is 12.0. The summed E-state index contributed by atoms with van der Waals surface area (Å²) < 4.78 is 28.8. The van der Waals surface area contributed by atoms with Crippen molar-refractivity contribution in [2.24, 2.45) is 0 Å². The average Bonchev–Trinajstić information content (AvgIpc) is 2.58. The van der Waals surface area contributed by atoms with E-state index in [9.17, 15) is 9.18 Å². The monoisotopic (exact) mass is 333 g/mol. The van der Waals surface area contributed by atoms with Crippen molar-refractivity contribution in [3.63, 3.8) is 0 Å². The molecule has 2 rings (SSSR count). The number of methoxy groups -OCH3 is 2. The number of rotatable bonds is 8. The highest BCUT2D eigenvalue weighted by Gasteiger charge is 2.10. The van der Waals surface area contributed by atoms with Gasteiger partial charge in [0.1, 0.15) is 29.7 Å². The van der Waals surface area contributed by atoms with Gasteiger partial charge in [-0.3, -0.25) is 4.79 Å². The van der Waals surface area contributed by atoms with Gasteiger partial charge in [-0.15, -0.1) is 0 Å². The second-order valence-electron chi connectivity index (χ2n) is 5.01. The molecule has 1 N–H and O–H groups in total. The SMILES string of the molecule is COc1ccc(OC)c(CC(=O)NCCOc2cccc(F)c2)c1. The number of nitrogens with one attached hydrogen (secondary N) is 1. The minimum absolute atomic E-state index is 0.163. The highest BCUT2D eigenvalue weighted by Crippen LogP contribution is 2.24. The van der Waals surface area contributed by atoms with E-state index in [2.05, 4.69) is 5.32 Å². The summed E-state index contributed by atoms with van der Waals surface area (Å²) in [6, 6.07) is 11.2. The predicted molar refractivity (Wildman–Crippen MR) is 88.2 cm³/mol. The van der Waals surface area contributed by atoms with Crippen molar-refractivity contribution in [1.29, 1.82) is 0 Å². The van der Waals surface area contributed by atoms with Gasteiger partial charge in [0.15, 0.2) is 0 Å². The van der Waals surface area contributed by atoms with Crippen molar-refractivity contribution in [3.05, 3.63) is 53.8 Å². The fourth-order valence-corrected chi connectivity index (χ4v) is 2.17. The Morgan fingerprint density at radius 2 is 1.92 bits per heavy atom. The zero-order valence-electron chi connectivity index (χ0n) is 13.7. The Morgan fingerprint density at radius 1 is 1.08 bits per heavy atom. The van der Waals surface area contributed by atoms with E-state index in [1.807, 2.05) is 0 Å². The largest absolute Gasteiger partial charge is 0.497 e. The number of benzene rings is 2. The molecule has 6 heteroatoms. The lowest BCUT2D eigenvalue weighted by atomic mass is 10.1. The quantitative estimate of drug-likeness (QED) is 0.755. The number of ether oxygens (including phenoxy) is 3. The Morgan fingerprint density at radius 3 is 2.62 bits per heavy atom. The third kappa shape index (κ3) is 5.15. The van der Waals surface area contributed by atoms with E-state index >= 15 is 0 Å². The van der Waals surface area contributed by atoms with Crippen LogP contribution in [-0.4, -0.2) is 33.3 Å². The summed E-state index contributed by atoms with van der Waals surface area (Å²) in [5.74, 6) is 1.19. The van der Waals surface area contributed by atoms with Crippen LogP contribution in [0.25, 0.3) is 0 Å². The average molecular weight is 333 g/mol. The van der Waals surface area contributed by atoms with Crippen molar-refractivity contribution in [1.82, 2.24) is 5.32 Å². The molecular formula is C18H20FNO4. The molecule has 24 heavy (non-hydrogen) atoms. The van der Waals surface area contributed by atoms with E-state index in [0.717, 1.165) is 5.56 Å². The van der Waals surface area contributed by atoms with E-state index in [-0.39, 0.29) is 24.8 Å². The smallest absolute Gasteiger partial charge is 0.224 e. The molecule has 0 saturated heterocycles. The van der Waals surface area contributed by atoms with Crippen molar-refractivity contribution in [3.8, 4) is 17.2 Å². The topological polar surface area (TPSA) is 56.8 Å². The van der Waals surface area contributed by atoms with Crippen LogP contribution in [0.2, 0.25) is 0 Å². The summed E-state index contributed by atoms with van der Waals surface area (Å²) in [6.07, 6.45) is 0.167. The minimum Gasteiger partial charge on any atom is -0.497 e. The number of carbonyl (C=O) groups is 1. The molecule has 1 amide bonds. The van der Waals surface area contributed by atoms with E-state index in [1.165, 1.54) is 12.1 Å². The molecule has 0 heterocycles. The Labute approximate surface area is 140 Å². The second kappa shape index (κ2) is 8.76. The van der Waals surface area contributed by atoms with Gasteiger partial charge in [-0.2, -0.15) is 0 Å². The molecule has 0 radical (unpaired) electrons. The zero-order chi connectivity index (χ0) is 17.4. The minimum atomic E-state index is -0.360. The first-order chi connectivity index (χ1) is 11.6. The van der Waals surface area contributed by atoms with Crippen LogP contribution in [0.5, 0.6) is 17.2 Å². The molecule has 0 fully saturated rings. The molecule has 128 valence electrons. The Kier molecular flexibility index (Phi) is 6.42. The van der Waals surface area contributed by atoms with E-state index in [1.54, 1.807) is 44.6 Å². The van der Waals surface area contributed by atoms with Crippen LogP contribution in [0.4, 0.5) is 4.39 Å². The molecule has 0 aliphatic rings. The highest BCUT2D eigenvalue weighted by atomic mass is 19.1. The van der Waals surface area contributed by atoms with Crippen LogP contribution in [-0.2, 0) is 11.2 Å². The van der Waals surface area contributed by atoms with Gasteiger partial charge in [-0.05, 0) is 30.3 Å². The van der Waals surface area contributed by atoms with Gasteiger partial charge in [0, 0.05) is 11.6 Å². The van der Waals surface area contributed by atoms with Gasteiger partial charge < -0.3 is 19.5 Å². The molecule has 0 aromatic heterocycles. The highest BCUT2D eigenvalue weighted by molar-refractivity contribution is 5.79. The Balaban J connectivity index is 1.81. The van der Waals surface area contributed by atoms with Gasteiger partial charge >= 0.3 is 0 Å². The second-order valence-corrected chi connectivity index (χ2v) is 5.01. The normalized spacial score (nSPS) is 10.1. The lowest BCUT2D eigenvalue weighted by molar-refractivity contribution is -0.120. The molecule has 2 aromatic carbocycles. The summed E-state index contributed by atoms with van der Waals surface area (Å²) in [7, 11) is 3.12. The summed E-state index contributed by atoms with van der Waals surface area (Å²) in [6.45, 7) is 0.575. The molecule has 0 aliphatic heterocycles. The van der Waals surface area contributed by atoms with Gasteiger partial charge in [0.05, 0.1) is 27.2 Å². The summed E-state index contributed by atoms with van der Waals surface area (Å²) in [5, 5.41) is 2.75. The van der Waals surface area contributed by atoms with E-state index in [4.69, 9.17) is 14.2 Å². The molecule has 2 aromatic rings. The Bertz CT molecular complexity index is 690. The van der Waals surface area contributed by atoms with Crippen molar-refractivity contribution < 1.29 is 23.4 Å². The predicted octanol–water partition coefficient (Wildman–Crippen LogP) is 2.58. The zero-order valence-corrected chi connectivity index (χ0v) is 13.7. The van der Waals surface area contributed by atoms with Crippen molar-refractivity contribution in [2.45, 2.75) is 6.42 Å². The van der Waals surface area contributed by atoms with Crippen LogP contribution < -0.4 is 19.5 Å². The van der Waals surface area contributed by atoms with Crippen LogP contribution in [0.15, 0.2) is 42.5 Å². The van der Waals surface area contributed by atoms with Crippen LogP contribution in [0.3, 0.4) is 0 Å². The fourth-order valence-electron chi connectivity index (χ4n) is 2.17. The maximum absolute atomic E-state index is 13.0. The summed E-state index contributed by atoms with van der Waals surface area (Å²) in [5.41, 5.74) is 0.736. The van der Waals surface area contributed by atoms with E-state index in [0.29, 0.717) is 23.8 Å². The molecule has 5 nitrogen and oxygen atoms in total. The van der Waals surface area contributed by atoms with Crippen LogP contribution >= 0.6 is 0 Å². The summed E-state index contributed by atoms with van der Waals surface area (Å²) >= 11 is 0. The molecule has 0 unspecified atom stereocenters. The maximum atomic E-state index is 13.0. The molecule has 0 bridgehead atoms. The number of amides is 1. The molecular weight excluding hydrogens is 313 g/mol. The maximum Gasteiger partial charge on any atom is 0.224 e. The first kappa shape index (κ1) is 17.6. The van der Waals surface area contributed by atoms with Crippen LogP contribution in [0.1, 0.15) is 5.56 Å². The van der Waals surface area contributed by atoms with Gasteiger partial charge in [0.25, 0.3) is 0 Å². The first-order valence-corrected chi connectivity index (χ1v) is 7.48. The van der Waals surface area contributed by atoms with Gasteiger partial charge in [-0.1, -0.05) is 6.07 Å².